The Morgan fingerprint density at radius 2 is 0.865 bits per heavy atom. The lowest BCUT2D eigenvalue weighted by molar-refractivity contribution is 0.584. The topological polar surface area (TPSA) is 34.1 Å². The quantitative estimate of drug-likeness (QED) is 0.186. The fourth-order valence-corrected chi connectivity index (χ4v) is 6.59. The standard InChI is InChI=1S/C30H22Br2Cl2O2S/c31-25-11-1-21(2-12-25)5-19-29(23-7-15-27(33)16-8-23)37(35,36)30(24-9-17-28(34)18-10-24)20-6-22-3-13-26(32)14-4-22/h1-20,29-30H/b19-5+,20-6+. The predicted molar refractivity (Wildman–Crippen MR) is 164 cm³/mol. The summed E-state index contributed by atoms with van der Waals surface area (Å²) < 4.78 is 30.6. The maximum absolute atomic E-state index is 14.4. The second kappa shape index (κ2) is 12.6. The van der Waals surface area contributed by atoms with Crippen molar-refractivity contribution in [2.45, 2.75) is 10.5 Å². The van der Waals surface area contributed by atoms with Crippen molar-refractivity contribution >= 4 is 77.1 Å². The molecule has 0 N–H and O–H groups in total. The zero-order chi connectivity index (χ0) is 26.4. The van der Waals surface area contributed by atoms with Gasteiger partial charge in [0.05, 0.1) is 0 Å². The van der Waals surface area contributed by atoms with Crippen LogP contribution < -0.4 is 0 Å². The summed E-state index contributed by atoms with van der Waals surface area (Å²) in [6.45, 7) is 0. The van der Waals surface area contributed by atoms with Gasteiger partial charge in [-0.15, -0.1) is 0 Å². The number of sulfone groups is 1. The Labute approximate surface area is 244 Å². The number of hydrogen-bond donors (Lipinski definition) is 0. The molecule has 2 atom stereocenters. The maximum Gasteiger partial charge on any atom is 0.171 e. The third-order valence-electron chi connectivity index (χ3n) is 5.77. The molecule has 2 nitrogen and oxygen atoms in total. The molecule has 188 valence electrons. The summed E-state index contributed by atoms with van der Waals surface area (Å²) in [7, 11) is -3.83. The molecule has 2 unspecified atom stereocenters. The molecule has 0 radical (unpaired) electrons. The van der Waals surface area contributed by atoms with Gasteiger partial charge in [-0.05, 0) is 70.8 Å². The molecule has 0 saturated heterocycles. The van der Waals surface area contributed by atoms with Crippen molar-refractivity contribution in [1.82, 2.24) is 0 Å². The molecule has 4 rings (SSSR count). The van der Waals surface area contributed by atoms with Crippen LogP contribution in [0.25, 0.3) is 12.2 Å². The Morgan fingerprint density at radius 3 is 1.19 bits per heavy atom. The zero-order valence-corrected chi connectivity index (χ0v) is 24.9. The minimum Gasteiger partial charge on any atom is -0.227 e. The highest BCUT2D eigenvalue weighted by molar-refractivity contribution is 9.10. The highest BCUT2D eigenvalue weighted by Crippen LogP contribution is 2.38. The van der Waals surface area contributed by atoms with Gasteiger partial charge in [0.1, 0.15) is 10.5 Å². The monoisotopic (exact) mass is 674 g/mol. The van der Waals surface area contributed by atoms with Gasteiger partial charge in [0.15, 0.2) is 9.84 Å². The summed E-state index contributed by atoms with van der Waals surface area (Å²) in [6, 6.07) is 29.3. The summed E-state index contributed by atoms with van der Waals surface area (Å²) in [5, 5.41) is -0.741. The van der Waals surface area contributed by atoms with Crippen molar-refractivity contribution < 1.29 is 8.42 Å². The summed E-state index contributed by atoms with van der Waals surface area (Å²) in [5.41, 5.74) is 3.05. The van der Waals surface area contributed by atoms with Gasteiger partial charge in [0, 0.05) is 19.0 Å². The molecular formula is C30H22Br2Cl2O2S. The molecule has 0 spiro atoms. The van der Waals surface area contributed by atoms with Crippen molar-refractivity contribution in [2.75, 3.05) is 0 Å². The number of rotatable bonds is 8. The van der Waals surface area contributed by atoms with E-state index in [4.69, 9.17) is 23.2 Å². The number of halogens is 4. The van der Waals surface area contributed by atoms with Crippen molar-refractivity contribution in [3.63, 3.8) is 0 Å². The third kappa shape index (κ3) is 7.46. The zero-order valence-electron chi connectivity index (χ0n) is 19.4. The van der Waals surface area contributed by atoms with Crippen molar-refractivity contribution in [3.8, 4) is 0 Å². The molecule has 0 bridgehead atoms. The molecule has 7 heteroatoms. The molecule has 4 aromatic carbocycles. The smallest absolute Gasteiger partial charge is 0.171 e. The SMILES string of the molecule is O=S(=O)(C(/C=C/c1ccc(Br)cc1)c1ccc(Cl)cc1)C(/C=C/c1ccc(Br)cc1)c1ccc(Cl)cc1. The first-order valence-electron chi connectivity index (χ1n) is 11.3. The Balaban J connectivity index is 1.81. The van der Waals surface area contributed by atoms with Crippen molar-refractivity contribution in [2.24, 2.45) is 0 Å². The molecule has 4 aromatic rings. The van der Waals surface area contributed by atoms with Crippen LogP contribution in [0, 0.1) is 0 Å². The second-order valence-electron chi connectivity index (χ2n) is 8.35. The Morgan fingerprint density at radius 1 is 0.541 bits per heavy atom. The highest BCUT2D eigenvalue weighted by Gasteiger charge is 2.33. The van der Waals surface area contributed by atoms with Crippen LogP contribution in [0.3, 0.4) is 0 Å². The van der Waals surface area contributed by atoms with E-state index < -0.39 is 20.3 Å². The molecule has 0 aliphatic carbocycles. The van der Waals surface area contributed by atoms with Gasteiger partial charge in [0.25, 0.3) is 0 Å². The van der Waals surface area contributed by atoms with Gasteiger partial charge in [-0.25, -0.2) is 8.42 Å². The molecule has 0 heterocycles. The van der Waals surface area contributed by atoms with Crippen molar-refractivity contribution in [1.29, 1.82) is 0 Å². The van der Waals surface area contributed by atoms with Crippen LogP contribution >= 0.6 is 55.1 Å². The van der Waals surface area contributed by atoms with Gasteiger partial charge in [-0.1, -0.05) is 128 Å². The number of hydrogen-bond acceptors (Lipinski definition) is 2. The third-order valence-corrected chi connectivity index (χ3v) is 9.61. The van der Waals surface area contributed by atoms with E-state index in [1.165, 1.54) is 0 Å². The van der Waals surface area contributed by atoms with Crippen LogP contribution in [-0.4, -0.2) is 8.42 Å². The summed E-state index contributed by atoms with van der Waals surface area (Å²) >= 11 is 19.1. The van der Waals surface area contributed by atoms with Crippen LogP contribution in [0.15, 0.2) is 118 Å². The lowest BCUT2D eigenvalue weighted by Gasteiger charge is -2.22. The van der Waals surface area contributed by atoms with E-state index >= 15 is 0 Å². The lowest BCUT2D eigenvalue weighted by Crippen LogP contribution is -2.19. The van der Waals surface area contributed by atoms with Crippen LogP contribution in [0.4, 0.5) is 0 Å². The first-order valence-corrected chi connectivity index (χ1v) is 15.3. The normalized spacial score (nSPS) is 13.7. The maximum atomic E-state index is 14.4. The molecule has 37 heavy (non-hydrogen) atoms. The van der Waals surface area contributed by atoms with E-state index in [2.05, 4.69) is 31.9 Å². The average Bonchev–Trinajstić information content (AvgIpc) is 2.88. The minimum absolute atomic E-state index is 0.543. The first-order chi connectivity index (χ1) is 17.7. The van der Waals surface area contributed by atoms with E-state index in [1.807, 2.05) is 60.7 Å². The Bertz CT molecular complexity index is 1390. The fraction of sp³-hybridized carbons (Fsp3) is 0.0667. The van der Waals surface area contributed by atoms with Gasteiger partial charge in [0.2, 0.25) is 0 Å². The average molecular weight is 677 g/mol. The van der Waals surface area contributed by atoms with Gasteiger partial charge in [-0.2, -0.15) is 0 Å². The van der Waals surface area contributed by atoms with E-state index in [9.17, 15) is 8.42 Å². The van der Waals surface area contributed by atoms with E-state index in [0.29, 0.717) is 21.2 Å². The predicted octanol–water partition coefficient (Wildman–Crippen LogP) is 10.1. The van der Waals surface area contributed by atoms with Crippen LogP contribution in [0.2, 0.25) is 10.0 Å². The molecule has 0 fully saturated rings. The first kappa shape index (κ1) is 27.9. The fourth-order valence-electron chi connectivity index (χ4n) is 3.83. The highest BCUT2D eigenvalue weighted by atomic mass is 79.9. The second-order valence-corrected chi connectivity index (χ2v) is 13.3. The Hall–Kier alpha value is -2.15. The summed E-state index contributed by atoms with van der Waals surface area (Å²) in [4.78, 5) is 0. The van der Waals surface area contributed by atoms with Crippen molar-refractivity contribution in [3.05, 3.63) is 150 Å². The van der Waals surface area contributed by atoms with E-state index in [-0.39, 0.29) is 0 Å². The largest absolute Gasteiger partial charge is 0.227 e. The lowest BCUT2D eigenvalue weighted by atomic mass is 10.1. The molecule has 0 amide bonds. The van der Waals surface area contributed by atoms with E-state index in [0.717, 1.165) is 20.1 Å². The molecule has 0 aromatic heterocycles. The molecular weight excluding hydrogens is 655 g/mol. The minimum atomic E-state index is -3.83. The summed E-state index contributed by atoms with van der Waals surface area (Å²) in [6.07, 6.45) is 7.14. The van der Waals surface area contributed by atoms with E-state index in [1.54, 1.807) is 60.7 Å². The van der Waals surface area contributed by atoms with Crippen LogP contribution in [-0.2, 0) is 9.84 Å². The number of benzene rings is 4. The van der Waals surface area contributed by atoms with Crippen LogP contribution in [0.5, 0.6) is 0 Å². The molecule has 0 aliphatic heterocycles. The molecule has 0 saturated carbocycles. The van der Waals surface area contributed by atoms with Gasteiger partial charge >= 0.3 is 0 Å². The van der Waals surface area contributed by atoms with Gasteiger partial charge in [-0.3, -0.25) is 0 Å². The summed E-state index contributed by atoms with van der Waals surface area (Å²) in [5.74, 6) is 0. The Kier molecular flexibility index (Phi) is 9.49. The molecule has 0 aliphatic rings. The van der Waals surface area contributed by atoms with Crippen LogP contribution in [0.1, 0.15) is 32.8 Å². The van der Waals surface area contributed by atoms with Gasteiger partial charge < -0.3 is 0 Å².